The molecule has 0 fully saturated rings. The number of halogens is 1. The van der Waals surface area contributed by atoms with Crippen LogP contribution in [-0.2, 0) is 4.74 Å². The van der Waals surface area contributed by atoms with Crippen molar-refractivity contribution in [3.63, 3.8) is 0 Å². The van der Waals surface area contributed by atoms with Crippen LogP contribution in [-0.4, -0.2) is 37.6 Å². The number of carbonyl (C=O) groups excluding carboxylic acids is 2. The van der Waals surface area contributed by atoms with Gasteiger partial charge in [-0.2, -0.15) is 5.10 Å². The zero-order chi connectivity index (χ0) is 22.3. The van der Waals surface area contributed by atoms with Gasteiger partial charge in [0.05, 0.1) is 10.7 Å². The SMILES string of the molecule is Cc1cc(C)n(-c2ccc(Cl)c(C(=O)OC(C)C(=O)c3c(C)[nH]c4ccccc34)n2)n1. The number of aromatic nitrogens is 4. The average molecular weight is 437 g/mol. The number of hydrogen-bond donors (Lipinski definition) is 1. The average Bonchev–Trinajstić information content (AvgIpc) is 3.25. The van der Waals surface area contributed by atoms with Gasteiger partial charge in [0.2, 0.25) is 5.78 Å². The van der Waals surface area contributed by atoms with Gasteiger partial charge >= 0.3 is 5.97 Å². The Balaban J connectivity index is 1.60. The second-order valence-corrected chi connectivity index (χ2v) is 7.83. The molecule has 0 amide bonds. The van der Waals surface area contributed by atoms with Crippen molar-refractivity contribution in [2.45, 2.75) is 33.8 Å². The van der Waals surface area contributed by atoms with E-state index in [2.05, 4.69) is 15.1 Å². The molecule has 4 rings (SSSR count). The molecule has 1 aromatic carbocycles. The van der Waals surface area contributed by atoms with E-state index in [1.165, 1.54) is 0 Å². The Bertz CT molecular complexity index is 1320. The van der Waals surface area contributed by atoms with Crippen LogP contribution in [0.15, 0.2) is 42.5 Å². The van der Waals surface area contributed by atoms with Crippen molar-refractivity contribution in [1.82, 2.24) is 19.7 Å². The van der Waals surface area contributed by atoms with Crippen LogP contribution in [0.5, 0.6) is 0 Å². The first-order valence-electron chi connectivity index (χ1n) is 9.79. The maximum absolute atomic E-state index is 13.1. The first kappa shape index (κ1) is 20.8. The Morgan fingerprint density at radius 1 is 1.13 bits per heavy atom. The number of esters is 1. The minimum absolute atomic E-state index is 0.0676. The summed E-state index contributed by atoms with van der Waals surface area (Å²) < 4.78 is 7.07. The minimum atomic E-state index is -1.01. The lowest BCUT2D eigenvalue weighted by molar-refractivity contribution is 0.0313. The number of ketones is 1. The van der Waals surface area contributed by atoms with Crippen molar-refractivity contribution >= 4 is 34.3 Å². The predicted octanol–water partition coefficient (Wildman–Crippen LogP) is 4.76. The molecule has 0 aliphatic rings. The van der Waals surface area contributed by atoms with Crippen LogP contribution in [0.2, 0.25) is 5.02 Å². The lowest BCUT2D eigenvalue weighted by atomic mass is 10.0. The molecule has 1 unspecified atom stereocenters. The number of Topliss-reactive ketones (excluding diaryl/α,β-unsaturated/α-hetero) is 1. The summed E-state index contributed by atoms with van der Waals surface area (Å²) in [5, 5.41) is 5.30. The Hall–Kier alpha value is -3.45. The van der Waals surface area contributed by atoms with Crippen LogP contribution in [0.4, 0.5) is 0 Å². The highest BCUT2D eigenvalue weighted by Gasteiger charge is 2.26. The number of rotatable bonds is 5. The highest BCUT2D eigenvalue weighted by Crippen LogP contribution is 2.25. The molecule has 0 saturated heterocycles. The first-order valence-corrected chi connectivity index (χ1v) is 10.2. The Labute approximate surface area is 184 Å². The van der Waals surface area contributed by atoms with Crippen LogP contribution in [0, 0.1) is 20.8 Å². The summed E-state index contributed by atoms with van der Waals surface area (Å²) in [5.41, 5.74) is 3.70. The van der Waals surface area contributed by atoms with E-state index in [-0.39, 0.29) is 16.5 Å². The van der Waals surface area contributed by atoms with E-state index >= 15 is 0 Å². The fraction of sp³-hybridized carbons (Fsp3) is 0.217. The van der Waals surface area contributed by atoms with Gasteiger partial charge in [-0.1, -0.05) is 29.8 Å². The monoisotopic (exact) mass is 436 g/mol. The van der Waals surface area contributed by atoms with E-state index in [1.54, 1.807) is 23.7 Å². The molecule has 1 N–H and O–H groups in total. The summed E-state index contributed by atoms with van der Waals surface area (Å²) in [4.78, 5) is 33.4. The highest BCUT2D eigenvalue weighted by atomic mass is 35.5. The van der Waals surface area contributed by atoms with E-state index in [1.807, 2.05) is 51.1 Å². The molecule has 0 aliphatic carbocycles. The van der Waals surface area contributed by atoms with E-state index < -0.39 is 12.1 Å². The van der Waals surface area contributed by atoms with Gasteiger partial charge in [-0.25, -0.2) is 14.5 Å². The minimum Gasteiger partial charge on any atom is -0.449 e. The summed E-state index contributed by atoms with van der Waals surface area (Å²) in [6.07, 6.45) is -1.01. The van der Waals surface area contributed by atoms with Gasteiger partial charge in [-0.15, -0.1) is 0 Å². The third-order valence-corrected chi connectivity index (χ3v) is 5.35. The van der Waals surface area contributed by atoms with Gasteiger partial charge < -0.3 is 9.72 Å². The number of fused-ring (bicyclic) bond motifs is 1. The molecule has 1 atom stereocenters. The van der Waals surface area contributed by atoms with Gasteiger partial charge in [0.15, 0.2) is 17.6 Å². The van der Waals surface area contributed by atoms with Crippen LogP contribution in [0.3, 0.4) is 0 Å². The molecule has 0 spiro atoms. The van der Waals surface area contributed by atoms with Crippen LogP contribution in [0.1, 0.15) is 44.9 Å². The fourth-order valence-corrected chi connectivity index (χ4v) is 3.80. The number of benzene rings is 1. The number of hydrogen-bond acceptors (Lipinski definition) is 5. The van der Waals surface area contributed by atoms with Gasteiger partial charge in [0, 0.05) is 27.9 Å². The molecule has 158 valence electrons. The second kappa shape index (κ2) is 8.00. The van der Waals surface area contributed by atoms with E-state index in [4.69, 9.17) is 16.3 Å². The summed E-state index contributed by atoms with van der Waals surface area (Å²) >= 11 is 6.21. The van der Waals surface area contributed by atoms with Crippen LogP contribution in [0.25, 0.3) is 16.7 Å². The van der Waals surface area contributed by atoms with Crippen LogP contribution < -0.4 is 0 Å². The molecular formula is C23H21ClN4O3. The third kappa shape index (κ3) is 3.84. The van der Waals surface area contributed by atoms with Crippen molar-refractivity contribution in [1.29, 1.82) is 0 Å². The number of para-hydroxylation sites is 1. The lowest BCUT2D eigenvalue weighted by Crippen LogP contribution is -2.25. The number of nitrogens with one attached hydrogen (secondary N) is 1. The summed E-state index contributed by atoms with van der Waals surface area (Å²) in [5.74, 6) is -0.630. The summed E-state index contributed by atoms with van der Waals surface area (Å²) in [7, 11) is 0. The standard InChI is InChI=1S/C23H21ClN4O3/c1-12-11-13(2)28(27-12)19-10-9-17(24)21(26-19)23(30)31-15(4)22(29)20-14(3)25-18-8-6-5-7-16(18)20/h5-11,15,25H,1-4H3. The van der Waals surface area contributed by atoms with Gasteiger partial charge in [0.1, 0.15) is 0 Å². The molecule has 0 radical (unpaired) electrons. The second-order valence-electron chi connectivity index (χ2n) is 7.42. The number of carbonyl (C=O) groups is 2. The van der Waals surface area contributed by atoms with E-state index in [9.17, 15) is 9.59 Å². The third-order valence-electron chi connectivity index (χ3n) is 5.04. The molecule has 8 heteroatoms. The molecule has 0 saturated carbocycles. The first-order chi connectivity index (χ1) is 14.8. The smallest absolute Gasteiger partial charge is 0.359 e. The van der Waals surface area contributed by atoms with Crippen molar-refractivity contribution < 1.29 is 14.3 Å². The highest BCUT2D eigenvalue weighted by molar-refractivity contribution is 6.33. The molecule has 3 aromatic heterocycles. The summed E-state index contributed by atoms with van der Waals surface area (Å²) in [6, 6.07) is 12.6. The zero-order valence-corrected chi connectivity index (χ0v) is 18.3. The Morgan fingerprint density at radius 3 is 2.58 bits per heavy atom. The van der Waals surface area contributed by atoms with Crippen LogP contribution >= 0.6 is 11.6 Å². The maximum atomic E-state index is 13.1. The topological polar surface area (TPSA) is 89.9 Å². The molecule has 0 aliphatic heterocycles. The van der Waals surface area contributed by atoms with Gasteiger partial charge in [0.25, 0.3) is 0 Å². The number of H-pyrrole nitrogens is 1. The summed E-state index contributed by atoms with van der Waals surface area (Å²) in [6.45, 7) is 7.12. The number of aryl methyl sites for hydroxylation is 3. The van der Waals surface area contributed by atoms with Crippen molar-refractivity contribution in [2.24, 2.45) is 0 Å². The molecular weight excluding hydrogens is 416 g/mol. The van der Waals surface area contributed by atoms with Gasteiger partial charge in [-0.05, 0) is 52.0 Å². The fourth-order valence-electron chi connectivity index (χ4n) is 3.62. The Kier molecular flexibility index (Phi) is 5.37. The molecule has 7 nitrogen and oxygen atoms in total. The van der Waals surface area contributed by atoms with E-state index in [0.29, 0.717) is 11.4 Å². The van der Waals surface area contributed by atoms with Crippen molar-refractivity contribution in [3.8, 4) is 5.82 Å². The number of pyridine rings is 1. The largest absolute Gasteiger partial charge is 0.449 e. The molecule has 4 aromatic rings. The molecule has 3 heterocycles. The number of nitrogens with zero attached hydrogens (tertiary/aromatic N) is 3. The molecule has 0 bridgehead atoms. The van der Waals surface area contributed by atoms with Gasteiger partial charge in [-0.3, -0.25) is 4.79 Å². The van der Waals surface area contributed by atoms with Crippen molar-refractivity contribution in [2.75, 3.05) is 0 Å². The number of ether oxygens (including phenoxy) is 1. The maximum Gasteiger partial charge on any atom is 0.359 e. The lowest BCUT2D eigenvalue weighted by Gasteiger charge is -2.13. The zero-order valence-electron chi connectivity index (χ0n) is 17.6. The number of aromatic amines is 1. The Morgan fingerprint density at radius 2 is 1.87 bits per heavy atom. The molecule has 31 heavy (non-hydrogen) atoms. The van der Waals surface area contributed by atoms with Crippen molar-refractivity contribution in [3.05, 3.63) is 75.8 Å². The quantitative estimate of drug-likeness (QED) is 0.360. The predicted molar refractivity (Wildman–Crippen MR) is 118 cm³/mol. The normalized spacial score (nSPS) is 12.2. The van der Waals surface area contributed by atoms with E-state index in [0.717, 1.165) is 28.0 Å².